The van der Waals surface area contributed by atoms with Crippen LogP contribution in [0.2, 0.25) is 0 Å². The molecule has 3 rings (SSSR count). The van der Waals surface area contributed by atoms with Gasteiger partial charge in [-0.15, -0.1) is 0 Å². The molecule has 1 aliphatic carbocycles. The lowest BCUT2D eigenvalue weighted by Gasteiger charge is -2.52. The van der Waals surface area contributed by atoms with Gasteiger partial charge in [0.1, 0.15) is 18.1 Å². The van der Waals surface area contributed by atoms with E-state index in [1.807, 2.05) is 6.07 Å². The van der Waals surface area contributed by atoms with E-state index in [1.54, 1.807) is 6.07 Å². The zero-order valence-electron chi connectivity index (χ0n) is 16.9. The minimum atomic E-state index is -0.615. The van der Waals surface area contributed by atoms with E-state index in [0.29, 0.717) is 17.8 Å². The van der Waals surface area contributed by atoms with Crippen molar-refractivity contribution >= 4 is 5.91 Å². The molecule has 152 valence electrons. The van der Waals surface area contributed by atoms with Crippen molar-refractivity contribution in [1.29, 1.82) is 5.26 Å². The summed E-state index contributed by atoms with van der Waals surface area (Å²) >= 11 is 0. The number of piperidine rings is 1. The van der Waals surface area contributed by atoms with E-state index >= 15 is 0 Å². The largest absolute Gasteiger partial charge is 0.493 e. The summed E-state index contributed by atoms with van der Waals surface area (Å²) in [5.41, 5.74) is 0.574. The van der Waals surface area contributed by atoms with Crippen LogP contribution in [-0.4, -0.2) is 56.0 Å². The summed E-state index contributed by atoms with van der Waals surface area (Å²) in [6.45, 7) is 2.95. The number of carbonyl (C=O) groups excluding carboxylic acids is 1. The zero-order chi connectivity index (χ0) is 20.1. The quantitative estimate of drug-likeness (QED) is 0.529. The summed E-state index contributed by atoms with van der Waals surface area (Å²) in [6, 6.07) is 6.18. The molecule has 1 saturated heterocycles. The first-order valence-electron chi connectivity index (χ1n) is 10.2. The van der Waals surface area contributed by atoms with Crippen LogP contribution in [0, 0.1) is 28.5 Å². The number of carbonyl (C=O) groups is 1. The van der Waals surface area contributed by atoms with Crippen LogP contribution < -0.4 is 4.74 Å². The predicted molar refractivity (Wildman–Crippen MR) is 106 cm³/mol. The lowest BCUT2D eigenvalue weighted by Crippen LogP contribution is -2.46. The number of benzene rings is 1. The van der Waals surface area contributed by atoms with Crippen LogP contribution in [0.5, 0.6) is 5.75 Å². The van der Waals surface area contributed by atoms with E-state index in [1.165, 1.54) is 62.9 Å². The Kier molecular flexibility index (Phi) is 6.56. The van der Waals surface area contributed by atoms with Gasteiger partial charge in [0.15, 0.2) is 0 Å². The fourth-order valence-corrected chi connectivity index (χ4v) is 4.57. The van der Waals surface area contributed by atoms with Gasteiger partial charge in [0.2, 0.25) is 0 Å². The van der Waals surface area contributed by atoms with Gasteiger partial charge in [0, 0.05) is 13.1 Å². The SMILES string of the molecule is CN1CCC2(CC1)CC(CCCOc1ccc(C(=O)N(C)CC#N)c(F)c1)C2. The molecular formula is C22H30FN3O2. The Morgan fingerprint density at radius 1 is 1.39 bits per heavy atom. The number of hydrogen-bond acceptors (Lipinski definition) is 4. The van der Waals surface area contributed by atoms with Gasteiger partial charge in [-0.3, -0.25) is 4.79 Å². The van der Waals surface area contributed by atoms with Gasteiger partial charge in [-0.1, -0.05) is 0 Å². The predicted octanol–water partition coefficient (Wildman–Crippen LogP) is 3.70. The van der Waals surface area contributed by atoms with Crippen LogP contribution in [0.1, 0.15) is 48.9 Å². The molecule has 0 bridgehead atoms. The first-order valence-corrected chi connectivity index (χ1v) is 10.2. The van der Waals surface area contributed by atoms with Crippen molar-refractivity contribution in [3.63, 3.8) is 0 Å². The number of likely N-dealkylation sites (tertiary alicyclic amines) is 1. The van der Waals surface area contributed by atoms with Gasteiger partial charge in [-0.25, -0.2) is 4.39 Å². The van der Waals surface area contributed by atoms with Crippen LogP contribution in [0.4, 0.5) is 4.39 Å². The lowest BCUT2D eigenvalue weighted by molar-refractivity contribution is -0.0118. The smallest absolute Gasteiger partial charge is 0.257 e. The Bertz CT molecular complexity index is 730. The van der Waals surface area contributed by atoms with Gasteiger partial charge < -0.3 is 14.5 Å². The number of hydrogen-bond donors (Lipinski definition) is 0. The highest BCUT2D eigenvalue weighted by Crippen LogP contribution is 2.53. The molecule has 1 aliphatic heterocycles. The van der Waals surface area contributed by atoms with Crippen molar-refractivity contribution in [3.8, 4) is 11.8 Å². The second kappa shape index (κ2) is 8.91. The van der Waals surface area contributed by atoms with Crippen LogP contribution in [-0.2, 0) is 0 Å². The van der Waals surface area contributed by atoms with Gasteiger partial charge in [0.05, 0.1) is 18.2 Å². The van der Waals surface area contributed by atoms with Crippen molar-refractivity contribution in [2.24, 2.45) is 11.3 Å². The molecule has 1 heterocycles. The van der Waals surface area contributed by atoms with Crippen LogP contribution in [0.15, 0.2) is 18.2 Å². The molecule has 2 fully saturated rings. The van der Waals surface area contributed by atoms with E-state index in [-0.39, 0.29) is 12.1 Å². The highest BCUT2D eigenvalue weighted by Gasteiger charge is 2.44. The molecule has 0 aromatic heterocycles. The molecule has 6 heteroatoms. The van der Waals surface area contributed by atoms with Gasteiger partial charge in [0.25, 0.3) is 5.91 Å². The molecule has 28 heavy (non-hydrogen) atoms. The molecule has 0 unspecified atom stereocenters. The first-order chi connectivity index (χ1) is 13.4. The number of ether oxygens (including phenoxy) is 1. The molecule has 1 aromatic rings. The zero-order valence-corrected chi connectivity index (χ0v) is 16.9. The van der Waals surface area contributed by atoms with E-state index in [2.05, 4.69) is 11.9 Å². The normalized spacial score (nSPS) is 19.1. The lowest BCUT2D eigenvalue weighted by atomic mass is 9.56. The minimum absolute atomic E-state index is 0.0389. The Morgan fingerprint density at radius 2 is 2.11 bits per heavy atom. The van der Waals surface area contributed by atoms with Crippen LogP contribution >= 0.6 is 0 Å². The topological polar surface area (TPSA) is 56.6 Å². The van der Waals surface area contributed by atoms with E-state index in [9.17, 15) is 9.18 Å². The van der Waals surface area contributed by atoms with E-state index < -0.39 is 11.7 Å². The Labute approximate surface area is 167 Å². The molecule has 1 saturated carbocycles. The summed E-state index contributed by atoms with van der Waals surface area (Å²) in [4.78, 5) is 15.7. The molecule has 1 amide bonds. The van der Waals surface area contributed by atoms with Gasteiger partial charge >= 0.3 is 0 Å². The maximum Gasteiger partial charge on any atom is 0.257 e. The van der Waals surface area contributed by atoms with Crippen molar-refractivity contribution in [2.45, 2.75) is 38.5 Å². The average molecular weight is 387 g/mol. The molecule has 1 spiro atoms. The molecule has 1 aromatic carbocycles. The summed E-state index contributed by atoms with van der Waals surface area (Å²) in [5, 5.41) is 8.65. The highest BCUT2D eigenvalue weighted by atomic mass is 19.1. The van der Waals surface area contributed by atoms with Crippen molar-refractivity contribution in [1.82, 2.24) is 9.80 Å². The summed E-state index contributed by atoms with van der Waals surface area (Å²) in [7, 11) is 3.68. The van der Waals surface area contributed by atoms with Gasteiger partial charge in [-0.2, -0.15) is 5.26 Å². The molecule has 0 radical (unpaired) electrons. The van der Waals surface area contributed by atoms with Crippen LogP contribution in [0.25, 0.3) is 0 Å². The molecule has 2 aliphatic rings. The first kappa shape index (κ1) is 20.6. The molecule has 5 nitrogen and oxygen atoms in total. The van der Waals surface area contributed by atoms with Crippen molar-refractivity contribution in [2.75, 3.05) is 40.3 Å². The average Bonchev–Trinajstić information content (AvgIpc) is 2.65. The van der Waals surface area contributed by atoms with Crippen LogP contribution in [0.3, 0.4) is 0 Å². The summed E-state index contributed by atoms with van der Waals surface area (Å²) in [6.07, 6.45) is 7.50. The third kappa shape index (κ3) is 4.82. The maximum atomic E-state index is 14.2. The second-order valence-corrected chi connectivity index (χ2v) is 8.53. The third-order valence-electron chi connectivity index (χ3n) is 6.34. The maximum absolute atomic E-state index is 14.2. The van der Waals surface area contributed by atoms with E-state index in [4.69, 9.17) is 10.00 Å². The molecule has 0 N–H and O–H groups in total. The Morgan fingerprint density at radius 3 is 2.75 bits per heavy atom. The third-order valence-corrected chi connectivity index (χ3v) is 6.34. The number of amides is 1. The summed E-state index contributed by atoms with van der Waals surface area (Å²) in [5.74, 6) is 0.130. The number of rotatable bonds is 7. The Hall–Kier alpha value is -2.13. The number of nitrogens with zero attached hydrogens (tertiary/aromatic N) is 3. The fraction of sp³-hybridized carbons (Fsp3) is 0.636. The number of nitriles is 1. The van der Waals surface area contributed by atoms with Crippen molar-refractivity contribution in [3.05, 3.63) is 29.6 Å². The monoisotopic (exact) mass is 387 g/mol. The highest BCUT2D eigenvalue weighted by molar-refractivity contribution is 5.94. The van der Waals surface area contributed by atoms with Gasteiger partial charge in [-0.05, 0) is 82.1 Å². The van der Waals surface area contributed by atoms with E-state index in [0.717, 1.165) is 18.8 Å². The molecule has 0 atom stereocenters. The fourth-order valence-electron chi connectivity index (χ4n) is 4.57. The summed E-state index contributed by atoms with van der Waals surface area (Å²) < 4.78 is 19.9. The van der Waals surface area contributed by atoms with Crippen molar-refractivity contribution < 1.29 is 13.9 Å². The minimum Gasteiger partial charge on any atom is -0.493 e. The molecular weight excluding hydrogens is 357 g/mol. The number of halogens is 1. The Balaban J connectivity index is 1.38. The standard InChI is InChI=1S/C22H30FN3O2/c1-25-10-7-22(8-11-25)15-17(16-22)4-3-13-28-18-5-6-19(20(23)14-18)21(27)26(2)12-9-24/h5-6,14,17H,3-4,7-8,10-13,15-16H2,1-2H3. The second-order valence-electron chi connectivity index (χ2n) is 8.53.